The Morgan fingerprint density at radius 2 is 1.84 bits per heavy atom. The summed E-state index contributed by atoms with van der Waals surface area (Å²) in [6.45, 7) is 7.05. The van der Waals surface area contributed by atoms with Crippen LogP contribution in [0, 0.1) is 33.5 Å². The number of hydrogen-bond acceptors (Lipinski definition) is 5. The highest BCUT2D eigenvalue weighted by Gasteiger charge is 2.16. The summed E-state index contributed by atoms with van der Waals surface area (Å²) in [5.74, 6) is -0.552. The molecular formula is C23H23FN6O2. The van der Waals surface area contributed by atoms with E-state index in [0.29, 0.717) is 28.3 Å². The molecule has 1 amide bonds. The second-order valence-electron chi connectivity index (χ2n) is 7.74. The van der Waals surface area contributed by atoms with Gasteiger partial charge in [-0.05, 0) is 62.6 Å². The van der Waals surface area contributed by atoms with E-state index in [1.54, 1.807) is 32.0 Å². The fourth-order valence-corrected chi connectivity index (χ4v) is 3.35. The Kier molecular flexibility index (Phi) is 5.48. The van der Waals surface area contributed by atoms with E-state index in [-0.39, 0.29) is 24.2 Å². The van der Waals surface area contributed by atoms with E-state index < -0.39 is 5.69 Å². The largest absolute Gasteiger partial charge is 0.353 e. The molecule has 4 rings (SSSR count). The van der Waals surface area contributed by atoms with Crippen molar-refractivity contribution < 1.29 is 9.18 Å². The lowest BCUT2D eigenvalue weighted by atomic mass is 10.1. The third-order valence-corrected chi connectivity index (χ3v) is 5.30. The summed E-state index contributed by atoms with van der Waals surface area (Å²) in [4.78, 5) is 30.0. The zero-order valence-corrected chi connectivity index (χ0v) is 18.2. The molecular weight excluding hydrogens is 411 g/mol. The minimum atomic E-state index is -0.529. The number of fused-ring (bicyclic) bond motifs is 1. The average molecular weight is 434 g/mol. The third-order valence-electron chi connectivity index (χ3n) is 5.30. The molecule has 0 fully saturated rings. The predicted octanol–water partition coefficient (Wildman–Crippen LogP) is 3.65. The molecule has 2 aromatic carbocycles. The molecule has 0 spiro atoms. The highest BCUT2D eigenvalue weighted by molar-refractivity contribution is 5.91. The Bertz CT molecular complexity index is 1410. The molecule has 9 heteroatoms. The monoisotopic (exact) mass is 434 g/mol. The van der Waals surface area contributed by atoms with Crippen LogP contribution in [0.5, 0.6) is 0 Å². The predicted molar refractivity (Wildman–Crippen MR) is 121 cm³/mol. The lowest BCUT2D eigenvalue weighted by Crippen LogP contribution is -2.29. The van der Waals surface area contributed by atoms with E-state index in [4.69, 9.17) is 0 Å². The number of nitrogens with one attached hydrogen (secondary N) is 2. The Hall–Kier alpha value is -4.01. The van der Waals surface area contributed by atoms with Gasteiger partial charge in [-0.1, -0.05) is 18.2 Å². The first-order chi connectivity index (χ1) is 15.2. The Morgan fingerprint density at radius 1 is 1.06 bits per heavy atom. The van der Waals surface area contributed by atoms with Crippen LogP contribution < -0.4 is 16.3 Å². The van der Waals surface area contributed by atoms with Gasteiger partial charge in [0.1, 0.15) is 12.4 Å². The van der Waals surface area contributed by atoms with Gasteiger partial charge in [0.15, 0.2) is 5.65 Å². The lowest BCUT2D eigenvalue weighted by molar-refractivity contribution is -0.117. The summed E-state index contributed by atoms with van der Waals surface area (Å²) in [6, 6.07) is 11.9. The van der Waals surface area contributed by atoms with Gasteiger partial charge in [-0.15, -0.1) is 5.10 Å². The van der Waals surface area contributed by atoms with Crippen molar-refractivity contribution in [2.24, 2.45) is 0 Å². The quantitative estimate of drug-likeness (QED) is 0.500. The van der Waals surface area contributed by atoms with Gasteiger partial charge in [-0.2, -0.15) is 0 Å². The van der Waals surface area contributed by atoms with Crippen LogP contribution in [0.1, 0.15) is 22.4 Å². The highest BCUT2D eigenvalue weighted by atomic mass is 19.1. The summed E-state index contributed by atoms with van der Waals surface area (Å²) in [5.41, 5.74) is 4.07. The number of halogens is 1. The van der Waals surface area contributed by atoms with Crippen molar-refractivity contribution in [1.82, 2.24) is 19.2 Å². The molecule has 164 valence electrons. The number of carbonyl (C=O) groups excluding carboxylic acids is 1. The van der Waals surface area contributed by atoms with Crippen LogP contribution in [-0.4, -0.2) is 25.1 Å². The van der Waals surface area contributed by atoms with Crippen molar-refractivity contribution >= 4 is 28.9 Å². The maximum absolute atomic E-state index is 13.9. The number of aromatic nitrogens is 4. The molecule has 8 nitrogen and oxygen atoms in total. The molecule has 0 aliphatic carbocycles. The number of hydrogen-bond donors (Lipinski definition) is 2. The van der Waals surface area contributed by atoms with Crippen LogP contribution >= 0.6 is 0 Å². The number of rotatable bonds is 5. The van der Waals surface area contributed by atoms with Crippen LogP contribution in [0.2, 0.25) is 0 Å². The molecule has 0 saturated carbocycles. The smallest absolute Gasteiger partial charge is 0.325 e. The Morgan fingerprint density at radius 3 is 2.59 bits per heavy atom. The van der Waals surface area contributed by atoms with Crippen molar-refractivity contribution in [2.75, 3.05) is 10.6 Å². The number of benzene rings is 2. The van der Waals surface area contributed by atoms with Gasteiger partial charge in [0, 0.05) is 23.1 Å². The minimum absolute atomic E-state index is 0.189. The van der Waals surface area contributed by atoms with Crippen molar-refractivity contribution in [2.45, 2.75) is 34.2 Å². The zero-order chi connectivity index (χ0) is 23.0. The van der Waals surface area contributed by atoms with Crippen LogP contribution in [0.15, 0.2) is 47.3 Å². The number of anilines is 3. The molecule has 2 aromatic heterocycles. The molecule has 32 heavy (non-hydrogen) atoms. The highest BCUT2D eigenvalue weighted by Crippen LogP contribution is 2.19. The summed E-state index contributed by atoms with van der Waals surface area (Å²) >= 11 is 0. The Labute approximate surface area is 183 Å². The maximum Gasteiger partial charge on any atom is 0.353 e. The SMILES string of the molecule is Cc1cc2nn(CC(=O)Nc3cccc(C)c3C)c(=O)n2c(Nc2ccc(C)c(F)c2)n1. The summed E-state index contributed by atoms with van der Waals surface area (Å²) in [7, 11) is 0. The first-order valence-corrected chi connectivity index (χ1v) is 10.1. The van der Waals surface area contributed by atoms with E-state index in [0.717, 1.165) is 15.8 Å². The minimum Gasteiger partial charge on any atom is -0.325 e. The molecule has 2 heterocycles. The first kappa shape index (κ1) is 21.2. The fraction of sp³-hybridized carbons (Fsp3) is 0.217. The second kappa shape index (κ2) is 8.26. The summed E-state index contributed by atoms with van der Waals surface area (Å²) in [5, 5.41) is 10.1. The van der Waals surface area contributed by atoms with Crippen LogP contribution in [-0.2, 0) is 11.3 Å². The first-order valence-electron chi connectivity index (χ1n) is 10.1. The molecule has 0 unspecified atom stereocenters. The molecule has 0 radical (unpaired) electrons. The number of nitrogens with zero attached hydrogens (tertiary/aromatic N) is 4. The number of carbonyl (C=O) groups is 1. The van der Waals surface area contributed by atoms with Gasteiger partial charge in [0.2, 0.25) is 11.9 Å². The van der Waals surface area contributed by atoms with Gasteiger partial charge in [0.25, 0.3) is 0 Å². The Balaban J connectivity index is 1.65. The van der Waals surface area contributed by atoms with Crippen molar-refractivity contribution in [3.63, 3.8) is 0 Å². The van der Waals surface area contributed by atoms with E-state index in [9.17, 15) is 14.0 Å². The molecule has 0 atom stereocenters. The second-order valence-corrected chi connectivity index (χ2v) is 7.74. The fourth-order valence-electron chi connectivity index (χ4n) is 3.35. The van der Waals surface area contributed by atoms with Gasteiger partial charge in [-0.3, -0.25) is 4.79 Å². The maximum atomic E-state index is 13.9. The van der Waals surface area contributed by atoms with Gasteiger partial charge in [0.05, 0.1) is 0 Å². The van der Waals surface area contributed by atoms with Crippen molar-refractivity contribution in [3.8, 4) is 0 Å². The van der Waals surface area contributed by atoms with Crippen molar-refractivity contribution in [3.05, 3.63) is 81.2 Å². The summed E-state index contributed by atoms with van der Waals surface area (Å²) < 4.78 is 16.3. The van der Waals surface area contributed by atoms with Gasteiger partial charge in [-0.25, -0.2) is 23.3 Å². The number of aryl methyl sites for hydroxylation is 3. The van der Waals surface area contributed by atoms with Crippen LogP contribution in [0.3, 0.4) is 0 Å². The molecule has 0 bridgehead atoms. The van der Waals surface area contributed by atoms with E-state index in [1.807, 2.05) is 32.0 Å². The molecule has 0 saturated heterocycles. The summed E-state index contributed by atoms with van der Waals surface area (Å²) in [6.07, 6.45) is 0. The zero-order valence-electron chi connectivity index (χ0n) is 18.2. The van der Waals surface area contributed by atoms with Gasteiger partial charge < -0.3 is 10.6 Å². The third kappa shape index (κ3) is 4.09. The average Bonchev–Trinajstić information content (AvgIpc) is 3.03. The van der Waals surface area contributed by atoms with Crippen LogP contribution in [0.25, 0.3) is 5.65 Å². The lowest BCUT2D eigenvalue weighted by Gasteiger charge is -2.10. The molecule has 2 N–H and O–H groups in total. The van der Waals surface area contributed by atoms with Crippen LogP contribution in [0.4, 0.5) is 21.7 Å². The topological polar surface area (TPSA) is 93.3 Å². The molecule has 0 aliphatic heterocycles. The normalized spacial score (nSPS) is 11.0. The molecule has 4 aromatic rings. The van der Waals surface area contributed by atoms with Crippen molar-refractivity contribution in [1.29, 1.82) is 0 Å². The van der Waals surface area contributed by atoms with E-state index >= 15 is 0 Å². The van der Waals surface area contributed by atoms with Gasteiger partial charge >= 0.3 is 5.69 Å². The molecule has 0 aliphatic rings. The van der Waals surface area contributed by atoms with E-state index in [1.165, 1.54) is 10.5 Å². The number of amides is 1. The van der Waals surface area contributed by atoms with E-state index in [2.05, 4.69) is 20.7 Å². The standard InChI is InChI=1S/C23H23FN6O2/c1-13-6-5-7-19(16(13)4)27-21(31)12-29-23(32)30-20(28-29)10-15(3)25-22(30)26-17-9-8-14(2)18(24)11-17/h5-11H,12H2,1-4H3,(H,25,26)(H,27,31).